The molecule has 0 saturated heterocycles. The monoisotopic (exact) mass is 259 g/mol. The van der Waals surface area contributed by atoms with Crippen molar-refractivity contribution < 1.29 is 17.9 Å². The summed E-state index contributed by atoms with van der Waals surface area (Å²) < 4.78 is 36.2. The van der Waals surface area contributed by atoms with Crippen LogP contribution in [0.2, 0.25) is 0 Å². The predicted octanol–water partition coefficient (Wildman–Crippen LogP) is 0.892. The molecule has 0 bridgehead atoms. The third-order valence-electron chi connectivity index (χ3n) is 2.35. The minimum Gasteiger partial charge on any atom is -0.355 e. The average molecular weight is 259 g/mol. The third-order valence-corrected chi connectivity index (χ3v) is 3.93. The Balaban J connectivity index is 2.80. The van der Waals surface area contributed by atoms with E-state index in [1.807, 2.05) is 0 Å². The van der Waals surface area contributed by atoms with Crippen LogP contribution in [0.3, 0.4) is 0 Å². The highest BCUT2D eigenvalue weighted by Gasteiger charge is 2.17. The summed E-state index contributed by atoms with van der Waals surface area (Å²) in [6.45, 7) is 1.82. The van der Waals surface area contributed by atoms with Crippen LogP contribution in [0, 0.1) is 6.92 Å². The zero-order chi connectivity index (χ0) is 12.9. The van der Waals surface area contributed by atoms with Gasteiger partial charge in [0, 0.05) is 14.2 Å². The van der Waals surface area contributed by atoms with Crippen LogP contribution in [0.15, 0.2) is 29.2 Å². The van der Waals surface area contributed by atoms with Crippen molar-refractivity contribution in [1.82, 2.24) is 4.72 Å². The van der Waals surface area contributed by atoms with Crippen molar-refractivity contribution in [2.75, 3.05) is 20.8 Å². The molecule has 0 amide bonds. The molecule has 0 aliphatic heterocycles. The first-order chi connectivity index (χ1) is 8.01. The van der Waals surface area contributed by atoms with E-state index in [4.69, 9.17) is 9.47 Å². The van der Waals surface area contributed by atoms with Gasteiger partial charge in [0.2, 0.25) is 10.0 Å². The van der Waals surface area contributed by atoms with E-state index >= 15 is 0 Å². The van der Waals surface area contributed by atoms with Crippen molar-refractivity contribution in [3.05, 3.63) is 29.8 Å². The molecule has 0 unspecified atom stereocenters. The molecule has 0 heterocycles. The standard InChI is InChI=1S/C11H17NO4S/c1-9-6-4-5-7-10(9)17(13,14)12-8-11(15-2)16-3/h4-7,11-12H,8H2,1-3H3. The van der Waals surface area contributed by atoms with Gasteiger partial charge in [-0.2, -0.15) is 0 Å². The topological polar surface area (TPSA) is 64.6 Å². The largest absolute Gasteiger partial charge is 0.355 e. The number of sulfonamides is 1. The van der Waals surface area contributed by atoms with Gasteiger partial charge in [-0.05, 0) is 18.6 Å². The number of hydrogen-bond acceptors (Lipinski definition) is 4. The molecule has 0 aromatic heterocycles. The SMILES string of the molecule is COC(CNS(=O)(=O)c1ccccc1C)OC. The van der Waals surface area contributed by atoms with Crippen molar-refractivity contribution >= 4 is 10.0 Å². The van der Waals surface area contributed by atoms with Gasteiger partial charge in [-0.15, -0.1) is 0 Å². The summed E-state index contributed by atoms with van der Waals surface area (Å²) >= 11 is 0. The van der Waals surface area contributed by atoms with Crippen LogP contribution in [0.4, 0.5) is 0 Å². The molecule has 0 aliphatic rings. The maximum absolute atomic E-state index is 12.0. The summed E-state index contributed by atoms with van der Waals surface area (Å²) in [4.78, 5) is 0.269. The minimum atomic E-state index is -3.52. The summed E-state index contributed by atoms with van der Waals surface area (Å²) in [5.74, 6) is 0. The van der Waals surface area contributed by atoms with Crippen molar-refractivity contribution in [1.29, 1.82) is 0 Å². The smallest absolute Gasteiger partial charge is 0.241 e. The predicted molar refractivity (Wildman–Crippen MR) is 64.2 cm³/mol. The van der Waals surface area contributed by atoms with Crippen LogP contribution >= 0.6 is 0 Å². The number of methoxy groups -OCH3 is 2. The van der Waals surface area contributed by atoms with Crippen LogP contribution in [-0.2, 0) is 19.5 Å². The number of hydrogen-bond donors (Lipinski definition) is 1. The molecule has 17 heavy (non-hydrogen) atoms. The Morgan fingerprint density at radius 3 is 2.35 bits per heavy atom. The van der Waals surface area contributed by atoms with E-state index in [9.17, 15) is 8.42 Å². The van der Waals surface area contributed by atoms with Gasteiger partial charge >= 0.3 is 0 Å². The summed E-state index contributed by atoms with van der Waals surface area (Å²) in [5.41, 5.74) is 0.700. The molecule has 0 aliphatic carbocycles. The molecule has 1 aromatic rings. The molecule has 0 saturated carbocycles. The van der Waals surface area contributed by atoms with E-state index in [0.29, 0.717) is 5.56 Å². The summed E-state index contributed by atoms with van der Waals surface area (Å²) in [7, 11) is -0.607. The van der Waals surface area contributed by atoms with Crippen LogP contribution in [0.1, 0.15) is 5.56 Å². The summed E-state index contributed by atoms with van der Waals surface area (Å²) in [6, 6.07) is 6.79. The van der Waals surface area contributed by atoms with Crippen molar-refractivity contribution in [2.24, 2.45) is 0 Å². The Morgan fingerprint density at radius 2 is 1.82 bits per heavy atom. The molecule has 0 atom stereocenters. The van der Waals surface area contributed by atoms with Crippen molar-refractivity contribution in [3.63, 3.8) is 0 Å². The second-order valence-corrected chi connectivity index (χ2v) is 5.25. The molecular weight excluding hydrogens is 242 g/mol. The van der Waals surface area contributed by atoms with Crippen LogP contribution in [-0.4, -0.2) is 35.5 Å². The maximum atomic E-state index is 12.0. The molecule has 96 valence electrons. The average Bonchev–Trinajstić information content (AvgIpc) is 2.30. The highest BCUT2D eigenvalue weighted by atomic mass is 32.2. The van der Waals surface area contributed by atoms with E-state index in [0.717, 1.165) is 0 Å². The van der Waals surface area contributed by atoms with E-state index < -0.39 is 16.3 Å². The molecule has 0 spiro atoms. The van der Waals surface area contributed by atoms with Gasteiger partial charge in [-0.3, -0.25) is 0 Å². The number of ether oxygens (including phenoxy) is 2. The normalized spacial score (nSPS) is 12.0. The fraction of sp³-hybridized carbons (Fsp3) is 0.455. The van der Waals surface area contributed by atoms with Gasteiger partial charge in [-0.1, -0.05) is 18.2 Å². The van der Waals surface area contributed by atoms with Gasteiger partial charge in [-0.25, -0.2) is 13.1 Å². The van der Waals surface area contributed by atoms with Crippen LogP contribution in [0.25, 0.3) is 0 Å². The van der Waals surface area contributed by atoms with Gasteiger partial charge in [0.05, 0.1) is 11.4 Å². The Labute approximate surface area is 102 Å². The summed E-state index contributed by atoms with van der Waals surface area (Å²) in [5, 5.41) is 0. The quantitative estimate of drug-likeness (QED) is 0.771. The lowest BCUT2D eigenvalue weighted by Crippen LogP contribution is -2.34. The highest BCUT2D eigenvalue weighted by molar-refractivity contribution is 7.89. The highest BCUT2D eigenvalue weighted by Crippen LogP contribution is 2.13. The van der Waals surface area contributed by atoms with E-state index in [1.165, 1.54) is 14.2 Å². The van der Waals surface area contributed by atoms with Gasteiger partial charge in [0.1, 0.15) is 0 Å². The number of rotatable bonds is 6. The van der Waals surface area contributed by atoms with Gasteiger partial charge in [0.25, 0.3) is 0 Å². The van der Waals surface area contributed by atoms with Crippen LogP contribution in [0.5, 0.6) is 0 Å². The molecule has 1 N–H and O–H groups in total. The first kappa shape index (κ1) is 14.1. The molecule has 0 radical (unpaired) electrons. The van der Waals surface area contributed by atoms with Crippen molar-refractivity contribution in [2.45, 2.75) is 18.1 Å². The Hall–Kier alpha value is -0.950. The fourth-order valence-corrected chi connectivity index (χ4v) is 2.64. The number of aryl methyl sites for hydroxylation is 1. The second kappa shape index (κ2) is 6.11. The maximum Gasteiger partial charge on any atom is 0.241 e. The Kier molecular flexibility index (Phi) is 5.07. The fourth-order valence-electron chi connectivity index (χ4n) is 1.38. The van der Waals surface area contributed by atoms with E-state index in [2.05, 4.69) is 4.72 Å². The lowest BCUT2D eigenvalue weighted by Gasteiger charge is -2.15. The lowest BCUT2D eigenvalue weighted by atomic mass is 10.2. The summed E-state index contributed by atoms with van der Waals surface area (Å²) in [6.07, 6.45) is -0.589. The molecule has 6 heteroatoms. The molecular formula is C11H17NO4S. The van der Waals surface area contributed by atoms with Crippen molar-refractivity contribution in [3.8, 4) is 0 Å². The first-order valence-corrected chi connectivity index (χ1v) is 6.60. The first-order valence-electron chi connectivity index (χ1n) is 5.12. The zero-order valence-electron chi connectivity index (χ0n) is 10.1. The molecule has 0 fully saturated rings. The Bertz CT molecular complexity index is 454. The zero-order valence-corrected chi connectivity index (χ0v) is 11.0. The molecule has 1 rings (SSSR count). The Morgan fingerprint density at radius 1 is 1.24 bits per heavy atom. The second-order valence-electron chi connectivity index (χ2n) is 3.52. The lowest BCUT2D eigenvalue weighted by molar-refractivity contribution is -0.0960. The third kappa shape index (κ3) is 3.78. The van der Waals surface area contributed by atoms with E-state index in [-0.39, 0.29) is 11.4 Å². The van der Waals surface area contributed by atoms with Gasteiger partial charge in [0.15, 0.2) is 6.29 Å². The number of benzene rings is 1. The number of nitrogens with one attached hydrogen (secondary N) is 1. The molecule has 5 nitrogen and oxygen atoms in total. The van der Waals surface area contributed by atoms with E-state index in [1.54, 1.807) is 31.2 Å². The van der Waals surface area contributed by atoms with Gasteiger partial charge < -0.3 is 9.47 Å². The van der Waals surface area contributed by atoms with Crippen LogP contribution < -0.4 is 4.72 Å². The molecule has 1 aromatic carbocycles. The minimum absolute atomic E-state index is 0.0731.